The van der Waals surface area contributed by atoms with Crippen LogP contribution in [0.5, 0.6) is 11.5 Å². The van der Waals surface area contributed by atoms with E-state index in [1.54, 1.807) is 28.8 Å². The van der Waals surface area contributed by atoms with Gasteiger partial charge in [-0.2, -0.15) is 0 Å². The molecule has 0 bridgehead atoms. The molecule has 7 nitrogen and oxygen atoms in total. The summed E-state index contributed by atoms with van der Waals surface area (Å²) in [5.41, 5.74) is 1.48. The number of rotatable bonds is 5. The van der Waals surface area contributed by atoms with Crippen molar-refractivity contribution in [2.45, 2.75) is 18.2 Å². The summed E-state index contributed by atoms with van der Waals surface area (Å²) in [5, 5.41) is 2.80. The number of ketones is 1. The molecule has 1 unspecified atom stereocenters. The van der Waals surface area contributed by atoms with Gasteiger partial charge >= 0.3 is 0 Å². The molecule has 1 atom stereocenters. The van der Waals surface area contributed by atoms with Gasteiger partial charge in [-0.05, 0) is 43.5 Å². The Morgan fingerprint density at radius 3 is 2.48 bits per heavy atom. The molecule has 2 amide bonds. The van der Waals surface area contributed by atoms with Crippen molar-refractivity contribution in [3.8, 4) is 11.5 Å². The van der Waals surface area contributed by atoms with Crippen LogP contribution in [-0.2, 0) is 9.59 Å². The van der Waals surface area contributed by atoms with Gasteiger partial charge in [0, 0.05) is 35.2 Å². The molecule has 2 aliphatic heterocycles. The second-order valence-electron chi connectivity index (χ2n) is 6.90. The lowest BCUT2D eigenvalue weighted by Crippen LogP contribution is -2.28. The molecule has 1 saturated heterocycles. The third-order valence-corrected chi connectivity index (χ3v) is 5.77. The highest BCUT2D eigenvalue weighted by Crippen LogP contribution is 2.37. The van der Waals surface area contributed by atoms with E-state index >= 15 is 0 Å². The smallest absolute Gasteiger partial charge is 0.231 e. The van der Waals surface area contributed by atoms with Crippen molar-refractivity contribution in [1.29, 1.82) is 0 Å². The maximum absolute atomic E-state index is 12.8. The summed E-state index contributed by atoms with van der Waals surface area (Å²) in [6, 6.07) is 10.8. The van der Waals surface area contributed by atoms with E-state index in [0.717, 1.165) is 10.6 Å². The number of thioether (sulfide) groups is 1. The summed E-state index contributed by atoms with van der Waals surface area (Å²) in [5.74, 6) is -0.153. The molecule has 1 N–H and O–H groups in total. The number of carbonyl (C=O) groups excluding carboxylic acids is 3. The van der Waals surface area contributed by atoms with Gasteiger partial charge in [0.05, 0.1) is 11.6 Å². The van der Waals surface area contributed by atoms with Crippen LogP contribution in [0.4, 0.5) is 11.4 Å². The number of benzene rings is 2. The molecular formula is C21H20N2O5S. The van der Waals surface area contributed by atoms with Gasteiger partial charge < -0.3 is 19.7 Å². The molecule has 0 radical (unpaired) electrons. The number of hydrogen-bond acceptors (Lipinski definition) is 6. The predicted molar refractivity (Wildman–Crippen MR) is 110 cm³/mol. The Hall–Kier alpha value is -3.00. The summed E-state index contributed by atoms with van der Waals surface area (Å²) in [7, 11) is 0. The Kier molecular flexibility index (Phi) is 5.19. The van der Waals surface area contributed by atoms with Crippen LogP contribution in [0.15, 0.2) is 41.3 Å². The number of Topliss-reactive ketones (excluding diaryl/α,β-unsaturated/α-hetero) is 1. The van der Waals surface area contributed by atoms with E-state index in [-0.39, 0.29) is 30.8 Å². The summed E-state index contributed by atoms with van der Waals surface area (Å²) in [6.45, 7) is 1.79. The van der Waals surface area contributed by atoms with Crippen LogP contribution >= 0.6 is 11.8 Å². The molecule has 150 valence electrons. The highest BCUT2D eigenvalue weighted by molar-refractivity contribution is 7.98. The molecule has 0 aromatic heterocycles. The van der Waals surface area contributed by atoms with Gasteiger partial charge in [-0.15, -0.1) is 11.8 Å². The highest BCUT2D eigenvalue weighted by Gasteiger charge is 2.35. The Bertz CT molecular complexity index is 989. The molecule has 8 heteroatoms. The second-order valence-corrected chi connectivity index (χ2v) is 7.78. The number of carbonyl (C=O) groups is 3. The van der Waals surface area contributed by atoms with Crippen molar-refractivity contribution in [3.63, 3.8) is 0 Å². The van der Waals surface area contributed by atoms with Crippen LogP contribution < -0.4 is 19.7 Å². The molecule has 2 aromatic rings. The Balaban J connectivity index is 1.51. The number of nitrogens with one attached hydrogen (secondary N) is 1. The van der Waals surface area contributed by atoms with Gasteiger partial charge in [-0.25, -0.2) is 0 Å². The molecule has 0 aliphatic carbocycles. The van der Waals surface area contributed by atoms with Crippen LogP contribution in [0, 0.1) is 5.92 Å². The summed E-state index contributed by atoms with van der Waals surface area (Å²) >= 11 is 1.63. The van der Waals surface area contributed by atoms with Gasteiger partial charge in [0.2, 0.25) is 18.6 Å². The number of ether oxygens (including phenoxy) is 2. The zero-order valence-electron chi connectivity index (χ0n) is 16.1. The minimum Gasteiger partial charge on any atom is -0.454 e. The summed E-state index contributed by atoms with van der Waals surface area (Å²) in [6.07, 6.45) is 2.11. The normalized spacial score (nSPS) is 17.5. The maximum Gasteiger partial charge on any atom is 0.231 e. The Morgan fingerprint density at radius 1 is 1.14 bits per heavy atom. The van der Waals surface area contributed by atoms with Gasteiger partial charge in [0.25, 0.3) is 0 Å². The number of hydrogen-bond donors (Lipinski definition) is 1. The van der Waals surface area contributed by atoms with Crippen molar-refractivity contribution in [2.24, 2.45) is 5.92 Å². The van der Waals surface area contributed by atoms with Crippen molar-refractivity contribution in [3.05, 3.63) is 42.0 Å². The molecule has 2 heterocycles. The van der Waals surface area contributed by atoms with Crippen LogP contribution in [0.2, 0.25) is 0 Å². The lowest BCUT2D eigenvalue weighted by molar-refractivity contribution is -0.122. The van der Waals surface area contributed by atoms with E-state index in [1.165, 1.54) is 6.92 Å². The Labute approximate surface area is 172 Å². The SMILES string of the molecule is CSc1ccc(N2CC(C(=O)Nc3cc4c(cc3C(C)=O)OCO4)CC2=O)cc1. The summed E-state index contributed by atoms with van der Waals surface area (Å²) < 4.78 is 10.6. The van der Waals surface area contributed by atoms with Crippen molar-refractivity contribution < 1.29 is 23.9 Å². The Morgan fingerprint density at radius 2 is 1.83 bits per heavy atom. The summed E-state index contributed by atoms with van der Waals surface area (Å²) in [4.78, 5) is 40.0. The van der Waals surface area contributed by atoms with Crippen LogP contribution in [-0.4, -0.2) is 37.2 Å². The van der Waals surface area contributed by atoms with Crippen molar-refractivity contribution in [1.82, 2.24) is 0 Å². The topological polar surface area (TPSA) is 84.9 Å². The fourth-order valence-corrected chi connectivity index (χ4v) is 3.87. The first-order valence-electron chi connectivity index (χ1n) is 9.16. The van der Waals surface area contributed by atoms with E-state index < -0.39 is 5.92 Å². The zero-order chi connectivity index (χ0) is 20.5. The number of fused-ring (bicyclic) bond motifs is 1. The second kappa shape index (κ2) is 7.79. The van der Waals surface area contributed by atoms with Crippen LogP contribution in [0.1, 0.15) is 23.7 Å². The minimum atomic E-state index is -0.507. The van der Waals surface area contributed by atoms with Crippen LogP contribution in [0.25, 0.3) is 0 Å². The molecule has 2 aliphatic rings. The number of nitrogens with zero attached hydrogens (tertiary/aromatic N) is 1. The average Bonchev–Trinajstić information content (AvgIpc) is 3.33. The standard InChI is InChI=1S/C21H20N2O5S/c1-12(24)16-8-18-19(28-11-27-18)9-17(16)22-21(26)13-7-20(25)23(10-13)14-3-5-15(29-2)6-4-14/h3-6,8-9,13H,7,10-11H2,1-2H3,(H,22,26). The van der Waals surface area contributed by atoms with E-state index in [2.05, 4.69) is 5.32 Å². The molecule has 1 fully saturated rings. The van der Waals surface area contributed by atoms with E-state index in [1.807, 2.05) is 30.5 Å². The molecule has 0 saturated carbocycles. The van der Waals surface area contributed by atoms with Gasteiger partial charge in [-0.1, -0.05) is 0 Å². The zero-order valence-corrected chi connectivity index (χ0v) is 16.9. The minimum absolute atomic E-state index is 0.0749. The number of anilines is 2. The third kappa shape index (κ3) is 3.80. The van der Waals surface area contributed by atoms with Gasteiger partial charge in [-0.3, -0.25) is 14.4 Å². The van der Waals surface area contributed by atoms with E-state index in [9.17, 15) is 14.4 Å². The molecular weight excluding hydrogens is 392 g/mol. The quantitative estimate of drug-likeness (QED) is 0.599. The monoisotopic (exact) mass is 412 g/mol. The predicted octanol–water partition coefficient (Wildman–Crippen LogP) is 3.33. The fraction of sp³-hybridized carbons (Fsp3) is 0.286. The van der Waals surface area contributed by atoms with E-state index in [0.29, 0.717) is 29.3 Å². The van der Waals surface area contributed by atoms with Crippen LogP contribution in [0.3, 0.4) is 0 Å². The first-order valence-corrected chi connectivity index (χ1v) is 10.4. The van der Waals surface area contributed by atoms with Crippen molar-refractivity contribution >= 4 is 40.7 Å². The molecule has 0 spiro atoms. The molecule has 4 rings (SSSR count). The van der Waals surface area contributed by atoms with Gasteiger partial charge in [0.1, 0.15) is 0 Å². The molecule has 29 heavy (non-hydrogen) atoms. The first-order chi connectivity index (χ1) is 14.0. The van der Waals surface area contributed by atoms with Gasteiger partial charge in [0.15, 0.2) is 17.3 Å². The van der Waals surface area contributed by atoms with E-state index in [4.69, 9.17) is 9.47 Å². The van der Waals surface area contributed by atoms with Crippen molar-refractivity contribution in [2.75, 3.05) is 29.8 Å². The third-order valence-electron chi connectivity index (χ3n) is 5.03. The highest BCUT2D eigenvalue weighted by atomic mass is 32.2. The number of amides is 2. The lowest BCUT2D eigenvalue weighted by atomic mass is 10.1. The maximum atomic E-state index is 12.8. The average molecular weight is 412 g/mol. The molecule has 2 aromatic carbocycles. The lowest BCUT2D eigenvalue weighted by Gasteiger charge is -2.17. The fourth-order valence-electron chi connectivity index (χ4n) is 3.47. The largest absolute Gasteiger partial charge is 0.454 e. The first kappa shape index (κ1) is 19.3.